The Bertz CT molecular complexity index is 487. The topological polar surface area (TPSA) is 66.5 Å². The lowest BCUT2D eigenvalue weighted by atomic mass is 10.2. The van der Waals surface area contributed by atoms with Crippen LogP contribution in [0.15, 0.2) is 23.6 Å². The van der Waals surface area contributed by atoms with Crippen LogP contribution in [0, 0.1) is 0 Å². The van der Waals surface area contributed by atoms with Crippen molar-refractivity contribution in [3.63, 3.8) is 0 Å². The first-order valence-corrected chi connectivity index (χ1v) is 6.63. The summed E-state index contributed by atoms with van der Waals surface area (Å²) in [6.45, 7) is 2.03. The second-order valence-electron chi connectivity index (χ2n) is 3.46. The molecule has 2 heterocycles. The van der Waals surface area contributed by atoms with Crippen LogP contribution >= 0.6 is 23.4 Å². The van der Waals surface area contributed by atoms with Crippen molar-refractivity contribution in [3.05, 3.63) is 29.2 Å². The van der Waals surface area contributed by atoms with Gasteiger partial charge in [-0.2, -0.15) is 5.10 Å². The molecule has 0 bridgehead atoms. The Morgan fingerprint density at radius 1 is 1.47 bits per heavy atom. The molecule has 0 amide bonds. The van der Waals surface area contributed by atoms with E-state index in [9.17, 15) is 0 Å². The van der Waals surface area contributed by atoms with Crippen LogP contribution in [-0.2, 0) is 0 Å². The Morgan fingerprint density at radius 2 is 2.29 bits per heavy atom. The van der Waals surface area contributed by atoms with Gasteiger partial charge in [0, 0.05) is 17.8 Å². The second kappa shape index (κ2) is 5.37. The first kappa shape index (κ1) is 12.2. The van der Waals surface area contributed by atoms with Crippen molar-refractivity contribution in [3.8, 4) is 0 Å². The van der Waals surface area contributed by atoms with E-state index in [0.717, 1.165) is 5.56 Å². The summed E-state index contributed by atoms with van der Waals surface area (Å²) in [6, 6.07) is 1.81. The van der Waals surface area contributed by atoms with Crippen LogP contribution in [-0.4, -0.2) is 26.4 Å². The van der Waals surface area contributed by atoms with Crippen molar-refractivity contribution in [2.75, 3.05) is 11.6 Å². The Morgan fingerprint density at radius 3 is 2.94 bits per heavy atom. The van der Waals surface area contributed by atoms with Crippen molar-refractivity contribution in [1.29, 1.82) is 0 Å². The molecule has 90 valence electrons. The van der Waals surface area contributed by atoms with E-state index in [4.69, 9.17) is 11.6 Å². The predicted octanol–water partition coefficient (Wildman–Crippen LogP) is 2.75. The van der Waals surface area contributed by atoms with Crippen molar-refractivity contribution < 1.29 is 0 Å². The average molecular weight is 270 g/mol. The molecule has 2 aromatic heterocycles. The predicted molar refractivity (Wildman–Crippen MR) is 69.4 cm³/mol. The highest BCUT2D eigenvalue weighted by molar-refractivity contribution is 7.98. The van der Waals surface area contributed by atoms with Gasteiger partial charge in [0.05, 0.1) is 12.2 Å². The first-order chi connectivity index (χ1) is 8.19. The molecule has 2 aromatic rings. The molecule has 0 aromatic carbocycles. The van der Waals surface area contributed by atoms with Gasteiger partial charge in [-0.25, -0.2) is 9.97 Å². The lowest BCUT2D eigenvalue weighted by molar-refractivity contribution is 0.856. The zero-order chi connectivity index (χ0) is 12.3. The second-order valence-corrected chi connectivity index (χ2v) is 4.62. The van der Waals surface area contributed by atoms with E-state index < -0.39 is 0 Å². The smallest absolute Gasteiger partial charge is 0.190 e. The van der Waals surface area contributed by atoms with E-state index in [1.165, 1.54) is 11.8 Å². The number of aromatic amines is 1. The Balaban J connectivity index is 2.15. The molecule has 0 saturated carbocycles. The lowest BCUT2D eigenvalue weighted by Crippen LogP contribution is -2.07. The van der Waals surface area contributed by atoms with Gasteiger partial charge in [0.2, 0.25) is 0 Å². The zero-order valence-corrected chi connectivity index (χ0v) is 11.0. The average Bonchev–Trinajstić information content (AvgIpc) is 2.81. The molecule has 0 fully saturated rings. The summed E-state index contributed by atoms with van der Waals surface area (Å²) in [4.78, 5) is 8.41. The number of aromatic nitrogens is 4. The molecule has 2 N–H and O–H groups in total. The van der Waals surface area contributed by atoms with E-state index in [0.29, 0.717) is 16.1 Å². The Hall–Kier alpha value is -1.27. The molecule has 0 aliphatic carbocycles. The molecule has 0 saturated heterocycles. The van der Waals surface area contributed by atoms with Gasteiger partial charge >= 0.3 is 0 Å². The summed E-state index contributed by atoms with van der Waals surface area (Å²) in [5.74, 6) is 0.711. The maximum absolute atomic E-state index is 5.91. The number of hydrogen-bond acceptors (Lipinski definition) is 5. The molecule has 0 aliphatic rings. The summed E-state index contributed by atoms with van der Waals surface area (Å²) in [6.07, 6.45) is 5.53. The number of thioether (sulfide) groups is 1. The number of nitrogens with zero attached hydrogens (tertiary/aromatic N) is 3. The van der Waals surface area contributed by atoms with Crippen LogP contribution in [0.2, 0.25) is 5.15 Å². The molecule has 2 rings (SSSR count). The fourth-order valence-corrected chi connectivity index (χ4v) is 1.98. The summed E-state index contributed by atoms with van der Waals surface area (Å²) >= 11 is 7.37. The zero-order valence-electron chi connectivity index (χ0n) is 9.44. The molecule has 1 atom stereocenters. The quantitative estimate of drug-likeness (QED) is 0.508. The van der Waals surface area contributed by atoms with Crippen molar-refractivity contribution in [2.45, 2.75) is 18.1 Å². The largest absolute Gasteiger partial charge is 0.363 e. The fourth-order valence-electron chi connectivity index (χ4n) is 1.36. The van der Waals surface area contributed by atoms with Gasteiger partial charge in [0.15, 0.2) is 5.16 Å². The van der Waals surface area contributed by atoms with Crippen LogP contribution in [0.4, 0.5) is 5.82 Å². The van der Waals surface area contributed by atoms with Crippen molar-refractivity contribution >= 4 is 29.2 Å². The highest BCUT2D eigenvalue weighted by Gasteiger charge is 2.09. The first-order valence-electron chi connectivity index (χ1n) is 5.03. The summed E-state index contributed by atoms with van der Waals surface area (Å²) < 4.78 is 0. The summed E-state index contributed by atoms with van der Waals surface area (Å²) in [5, 5.41) is 11.0. The highest BCUT2D eigenvalue weighted by Crippen LogP contribution is 2.21. The van der Waals surface area contributed by atoms with Gasteiger partial charge in [-0.3, -0.25) is 5.10 Å². The number of H-pyrrole nitrogens is 1. The Labute approximate surface area is 108 Å². The lowest BCUT2D eigenvalue weighted by Gasteiger charge is -2.13. The molecular weight excluding hydrogens is 258 g/mol. The van der Waals surface area contributed by atoms with E-state index in [-0.39, 0.29) is 6.04 Å². The number of hydrogen-bond donors (Lipinski definition) is 2. The third-order valence-electron chi connectivity index (χ3n) is 2.24. The minimum Gasteiger partial charge on any atom is -0.363 e. The van der Waals surface area contributed by atoms with Gasteiger partial charge in [0.25, 0.3) is 0 Å². The maximum Gasteiger partial charge on any atom is 0.190 e. The molecule has 0 aliphatic heterocycles. The third-order valence-corrected chi connectivity index (χ3v) is 2.98. The molecule has 0 spiro atoms. The summed E-state index contributed by atoms with van der Waals surface area (Å²) in [7, 11) is 0. The normalized spacial score (nSPS) is 12.4. The SMILES string of the molecule is CSc1nc(Cl)cc(NC(C)c2cn[nH]c2)n1. The Kier molecular flexibility index (Phi) is 3.86. The van der Waals surface area contributed by atoms with E-state index in [1.807, 2.05) is 19.4 Å². The van der Waals surface area contributed by atoms with Crippen molar-refractivity contribution in [1.82, 2.24) is 20.2 Å². The van der Waals surface area contributed by atoms with Crippen LogP contribution < -0.4 is 5.32 Å². The third kappa shape index (κ3) is 3.10. The van der Waals surface area contributed by atoms with Crippen LogP contribution in [0.3, 0.4) is 0 Å². The molecule has 7 heteroatoms. The molecule has 0 radical (unpaired) electrons. The molecule has 5 nitrogen and oxygen atoms in total. The van der Waals surface area contributed by atoms with E-state index >= 15 is 0 Å². The van der Waals surface area contributed by atoms with Gasteiger partial charge in [0.1, 0.15) is 11.0 Å². The highest BCUT2D eigenvalue weighted by atomic mass is 35.5. The summed E-state index contributed by atoms with van der Waals surface area (Å²) in [5.41, 5.74) is 1.06. The van der Waals surface area contributed by atoms with E-state index in [1.54, 1.807) is 12.3 Å². The maximum atomic E-state index is 5.91. The van der Waals surface area contributed by atoms with Gasteiger partial charge in [-0.05, 0) is 13.2 Å². The van der Waals surface area contributed by atoms with Gasteiger partial charge in [-0.1, -0.05) is 23.4 Å². The number of anilines is 1. The van der Waals surface area contributed by atoms with Crippen molar-refractivity contribution in [2.24, 2.45) is 0 Å². The van der Waals surface area contributed by atoms with Gasteiger partial charge < -0.3 is 5.32 Å². The standard InChI is InChI=1S/C10H12ClN5S/c1-6(7-4-12-13-5-7)14-9-3-8(11)15-10(16-9)17-2/h3-6H,1-2H3,(H,12,13)(H,14,15,16). The fraction of sp³-hybridized carbons (Fsp3) is 0.300. The monoisotopic (exact) mass is 269 g/mol. The number of rotatable bonds is 4. The van der Waals surface area contributed by atoms with Crippen LogP contribution in [0.25, 0.3) is 0 Å². The van der Waals surface area contributed by atoms with E-state index in [2.05, 4.69) is 25.5 Å². The molecular formula is C10H12ClN5S. The number of halogens is 1. The minimum absolute atomic E-state index is 0.106. The van der Waals surface area contributed by atoms with Crippen LogP contribution in [0.5, 0.6) is 0 Å². The molecule has 17 heavy (non-hydrogen) atoms. The molecule has 1 unspecified atom stereocenters. The van der Waals surface area contributed by atoms with Gasteiger partial charge in [-0.15, -0.1) is 0 Å². The minimum atomic E-state index is 0.106. The van der Waals surface area contributed by atoms with Crippen LogP contribution in [0.1, 0.15) is 18.5 Å². The number of nitrogens with one attached hydrogen (secondary N) is 2.